The Balaban J connectivity index is 1.46. The summed E-state index contributed by atoms with van der Waals surface area (Å²) < 4.78 is 11.1. The Morgan fingerprint density at radius 3 is 2.55 bits per heavy atom. The Morgan fingerprint density at radius 2 is 1.79 bits per heavy atom. The molecule has 2 aromatic carbocycles. The van der Waals surface area contributed by atoms with Gasteiger partial charge in [0.1, 0.15) is 11.4 Å². The highest BCUT2D eigenvalue weighted by Crippen LogP contribution is 2.39. The van der Waals surface area contributed by atoms with Gasteiger partial charge in [-0.05, 0) is 55.7 Å². The molecular weight excluding hydrogens is 420 g/mol. The molecule has 0 aromatic heterocycles. The zero-order valence-electron chi connectivity index (χ0n) is 19.1. The molecule has 2 aromatic rings. The zero-order valence-corrected chi connectivity index (χ0v) is 19.1. The van der Waals surface area contributed by atoms with Crippen molar-refractivity contribution in [2.75, 3.05) is 26.2 Å². The number of Topliss-reactive ketones (excluding diaryl/α,β-unsaturated/α-hetero) is 1. The van der Waals surface area contributed by atoms with Gasteiger partial charge in [0.2, 0.25) is 0 Å². The summed E-state index contributed by atoms with van der Waals surface area (Å²) in [5.41, 5.74) is 3.33. The third kappa shape index (κ3) is 4.08. The number of likely N-dealkylation sites (tertiary alicyclic amines) is 1. The second-order valence-corrected chi connectivity index (χ2v) is 10.00. The number of ketones is 1. The number of hydrogen-bond acceptors (Lipinski definition) is 5. The van der Waals surface area contributed by atoms with Crippen molar-refractivity contribution in [2.45, 2.75) is 38.7 Å². The van der Waals surface area contributed by atoms with Gasteiger partial charge < -0.3 is 19.7 Å². The van der Waals surface area contributed by atoms with Gasteiger partial charge >= 0.3 is 6.09 Å². The molecule has 1 fully saturated rings. The summed E-state index contributed by atoms with van der Waals surface area (Å²) in [5, 5.41) is 3.02. The van der Waals surface area contributed by atoms with E-state index in [0.717, 1.165) is 16.7 Å². The van der Waals surface area contributed by atoms with Crippen LogP contribution in [0.3, 0.4) is 0 Å². The second-order valence-electron chi connectivity index (χ2n) is 10.00. The number of nitrogens with one attached hydrogen (secondary N) is 1. The molecule has 0 bridgehead atoms. The van der Waals surface area contributed by atoms with E-state index in [1.165, 1.54) is 0 Å². The van der Waals surface area contributed by atoms with Crippen LogP contribution in [0, 0.1) is 5.92 Å². The van der Waals surface area contributed by atoms with Gasteiger partial charge in [0.05, 0.1) is 12.2 Å². The predicted octanol–water partition coefficient (Wildman–Crippen LogP) is 4.01. The van der Waals surface area contributed by atoms with E-state index in [0.29, 0.717) is 49.5 Å². The van der Waals surface area contributed by atoms with Crippen LogP contribution in [0.2, 0.25) is 0 Å². The Labute approximate surface area is 193 Å². The molecule has 7 heteroatoms. The van der Waals surface area contributed by atoms with Crippen LogP contribution in [0.25, 0.3) is 11.1 Å². The van der Waals surface area contributed by atoms with E-state index >= 15 is 0 Å². The Bertz CT molecular complexity index is 1150. The van der Waals surface area contributed by atoms with Gasteiger partial charge in [-0.2, -0.15) is 0 Å². The van der Waals surface area contributed by atoms with E-state index < -0.39 is 5.60 Å². The lowest BCUT2D eigenvalue weighted by Gasteiger charge is -2.24. The summed E-state index contributed by atoms with van der Waals surface area (Å²) in [7, 11) is 0. The highest BCUT2D eigenvalue weighted by Gasteiger charge is 2.41. The van der Waals surface area contributed by atoms with Gasteiger partial charge in [-0.15, -0.1) is 0 Å². The molecular formula is C26H28N2O5. The molecule has 0 spiro atoms. The number of ether oxygens (including phenoxy) is 2. The van der Waals surface area contributed by atoms with Crippen LogP contribution >= 0.6 is 0 Å². The average molecular weight is 449 g/mol. The Kier molecular flexibility index (Phi) is 5.15. The first-order valence-corrected chi connectivity index (χ1v) is 11.4. The summed E-state index contributed by atoms with van der Waals surface area (Å²) in [6.45, 7) is 7.56. The van der Waals surface area contributed by atoms with E-state index in [2.05, 4.69) is 5.32 Å². The molecule has 0 aliphatic carbocycles. The lowest BCUT2D eigenvalue weighted by atomic mass is 9.86. The first kappa shape index (κ1) is 21.5. The van der Waals surface area contributed by atoms with Gasteiger partial charge in [-0.25, -0.2) is 4.79 Å². The number of carbonyl (C=O) groups excluding carboxylic acids is 3. The standard InChI is InChI=1S/C26H28N2O5/c1-26(2,3)33-25(31)28-13-17-12-27-24(30)19-10-15(4-6-18(19)21(17)14-28)16-5-7-23-20(11-16)22(29)8-9-32-23/h4-7,10-11,17,21H,8-9,12-14H2,1-3H3,(H,27,30)/t17-,21-/m1/s1. The van der Waals surface area contributed by atoms with Crippen LogP contribution in [-0.4, -0.2) is 54.5 Å². The van der Waals surface area contributed by atoms with Crippen molar-refractivity contribution in [1.29, 1.82) is 0 Å². The largest absolute Gasteiger partial charge is 0.492 e. The normalized spacial score (nSPS) is 21.8. The molecule has 5 rings (SSSR count). The van der Waals surface area contributed by atoms with Gasteiger partial charge in [-0.1, -0.05) is 18.2 Å². The summed E-state index contributed by atoms with van der Waals surface area (Å²) >= 11 is 0. The molecule has 7 nitrogen and oxygen atoms in total. The molecule has 0 radical (unpaired) electrons. The molecule has 2 atom stereocenters. The molecule has 172 valence electrons. The molecule has 1 saturated heterocycles. The average Bonchev–Trinajstić information content (AvgIpc) is 3.15. The maximum absolute atomic E-state index is 12.9. The summed E-state index contributed by atoms with van der Waals surface area (Å²) in [6.07, 6.45) is 0.0568. The van der Waals surface area contributed by atoms with Crippen LogP contribution in [0.5, 0.6) is 5.75 Å². The third-order valence-electron chi connectivity index (χ3n) is 6.51. The lowest BCUT2D eigenvalue weighted by molar-refractivity contribution is 0.0286. The minimum Gasteiger partial charge on any atom is -0.492 e. The molecule has 33 heavy (non-hydrogen) atoms. The van der Waals surface area contributed by atoms with E-state index in [9.17, 15) is 14.4 Å². The fraction of sp³-hybridized carbons (Fsp3) is 0.423. The Hall–Kier alpha value is -3.35. The Morgan fingerprint density at radius 1 is 1.06 bits per heavy atom. The quantitative estimate of drug-likeness (QED) is 0.713. The molecule has 2 amide bonds. The molecule has 3 heterocycles. The fourth-order valence-corrected chi connectivity index (χ4v) is 4.92. The topological polar surface area (TPSA) is 84.9 Å². The molecule has 0 unspecified atom stereocenters. The van der Waals surface area contributed by atoms with Crippen molar-refractivity contribution in [3.8, 4) is 16.9 Å². The van der Waals surface area contributed by atoms with Crippen LogP contribution in [0.15, 0.2) is 36.4 Å². The molecule has 3 aliphatic heterocycles. The van der Waals surface area contributed by atoms with Crippen LogP contribution < -0.4 is 10.1 Å². The number of benzene rings is 2. The third-order valence-corrected chi connectivity index (χ3v) is 6.51. The maximum Gasteiger partial charge on any atom is 0.410 e. The number of nitrogens with zero attached hydrogens (tertiary/aromatic N) is 1. The van der Waals surface area contributed by atoms with Crippen LogP contribution in [-0.2, 0) is 4.74 Å². The van der Waals surface area contributed by atoms with Crippen molar-refractivity contribution in [3.05, 3.63) is 53.1 Å². The molecule has 0 saturated carbocycles. The van der Waals surface area contributed by atoms with Crippen molar-refractivity contribution in [3.63, 3.8) is 0 Å². The van der Waals surface area contributed by atoms with E-state index in [4.69, 9.17) is 9.47 Å². The molecule has 1 N–H and O–H groups in total. The number of hydrogen-bond donors (Lipinski definition) is 1. The number of carbonyl (C=O) groups is 3. The maximum atomic E-state index is 12.9. The zero-order chi connectivity index (χ0) is 23.3. The highest BCUT2D eigenvalue weighted by molar-refractivity contribution is 6.01. The summed E-state index contributed by atoms with van der Waals surface area (Å²) in [6, 6.07) is 11.4. The molecule has 3 aliphatic rings. The number of amides is 2. The second kappa shape index (κ2) is 7.90. The summed E-state index contributed by atoms with van der Waals surface area (Å²) in [4.78, 5) is 39.6. The monoisotopic (exact) mass is 448 g/mol. The van der Waals surface area contributed by atoms with Gasteiger partial charge in [-0.3, -0.25) is 9.59 Å². The van der Waals surface area contributed by atoms with Crippen molar-refractivity contribution < 1.29 is 23.9 Å². The predicted molar refractivity (Wildman–Crippen MR) is 123 cm³/mol. The van der Waals surface area contributed by atoms with Crippen molar-refractivity contribution in [2.24, 2.45) is 5.92 Å². The summed E-state index contributed by atoms with van der Waals surface area (Å²) in [5.74, 6) is 0.758. The minimum atomic E-state index is -0.552. The van der Waals surface area contributed by atoms with Gasteiger partial charge in [0.25, 0.3) is 5.91 Å². The SMILES string of the molecule is CC(C)(C)OC(=O)N1C[C@H]2CNC(=O)c3cc(-c4ccc5c(c4)C(=O)CCO5)ccc3[C@@H]2C1. The van der Waals surface area contributed by atoms with Crippen LogP contribution in [0.4, 0.5) is 4.79 Å². The first-order chi connectivity index (χ1) is 15.7. The van der Waals surface area contributed by atoms with Crippen molar-refractivity contribution in [1.82, 2.24) is 10.2 Å². The number of rotatable bonds is 1. The van der Waals surface area contributed by atoms with Crippen LogP contribution in [0.1, 0.15) is 59.4 Å². The fourth-order valence-electron chi connectivity index (χ4n) is 4.92. The van der Waals surface area contributed by atoms with E-state index in [1.807, 2.05) is 57.2 Å². The van der Waals surface area contributed by atoms with Gasteiger partial charge in [0.15, 0.2) is 5.78 Å². The van der Waals surface area contributed by atoms with Gasteiger partial charge in [0, 0.05) is 43.5 Å². The van der Waals surface area contributed by atoms with E-state index in [1.54, 1.807) is 4.90 Å². The smallest absolute Gasteiger partial charge is 0.410 e. The lowest BCUT2D eigenvalue weighted by Crippen LogP contribution is -2.36. The van der Waals surface area contributed by atoms with Crippen molar-refractivity contribution >= 4 is 17.8 Å². The minimum absolute atomic E-state index is 0.0547. The van der Waals surface area contributed by atoms with E-state index in [-0.39, 0.29) is 29.6 Å². The first-order valence-electron chi connectivity index (χ1n) is 11.4. The number of fused-ring (bicyclic) bond motifs is 4. The highest BCUT2D eigenvalue weighted by atomic mass is 16.6.